The van der Waals surface area contributed by atoms with E-state index in [1.54, 1.807) is 16.8 Å². The minimum atomic E-state index is -0.716. The molecule has 0 aliphatic carbocycles. The maximum atomic E-state index is 12.6. The summed E-state index contributed by atoms with van der Waals surface area (Å²) in [6.07, 6.45) is 0. The second-order valence-electron chi connectivity index (χ2n) is 6.02. The first-order chi connectivity index (χ1) is 8.35. The van der Waals surface area contributed by atoms with Crippen molar-refractivity contribution in [2.24, 2.45) is 11.8 Å². The molecular weight excluding hydrogens is 230 g/mol. The van der Waals surface area contributed by atoms with Crippen molar-refractivity contribution >= 4 is 11.8 Å². The number of likely N-dealkylation sites (N-methyl/N-ethyl adjacent to an activating group) is 1. The summed E-state index contributed by atoms with van der Waals surface area (Å²) in [6.45, 7) is 8.66. The summed E-state index contributed by atoms with van der Waals surface area (Å²) in [5, 5.41) is 3.25. The molecule has 5 heteroatoms. The lowest BCUT2D eigenvalue weighted by molar-refractivity contribution is -0.159. The lowest BCUT2D eigenvalue weighted by Crippen LogP contribution is -2.64. The number of amides is 2. The Balaban J connectivity index is 2.17. The molecule has 2 heterocycles. The first kappa shape index (κ1) is 13.3. The van der Waals surface area contributed by atoms with E-state index < -0.39 is 5.54 Å². The number of rotatable bonds is 1. The maximum absolute atomic E-state index is 12.6. The van der Waals surface area contributed by atoms with Crippen LogP contribution in [0.1, 0.15) is 20.8 Å². The molecule has 18 heavy (non-hydrogen) atoms. The van der Waals surface area contributed by atoms with Crippen molar-refractivity contribution in [2.45, 2.75) is 26.3 Å². The van der Waals surface area contributed by atoms with Gasteiger partial charge >= 0.3 is 0 Å². The summed E-state index contributed by atoms with van der Waals surface area (Å²) in [5.74, 6) is 0.517. The molecule has 2 amide bonds. The summed E-state index contributed by atoms with van der Waals surface area (Å²) < 4.78 is 0. The molecule has 1 N–H and O–H groups in total. The standard InChI is InChI=1S/C13H23N3O2/c1-9-7-14-8-10(9)11(17)16-6-5-15(4)12(18)13(16,2)3/h9-10,14H,5-8H2,1-4H3/t9-,10-/m1/s1. The van der Waals surface area contributed by atoms with E-state index in [0.29, 0.717) is 19.0 Å². The van der Waals surface area contributed by atoms with Gasteiger partial charge in [0.1, 0.15) is 5.54 Å². The van der Waals surface area contributed by atoms with E-state index in [1.165, 1.54) is 0 Å². The van der Waals surface area contributed by atoms with Gasteiger partial charge in [0.2, 0.25) is 11.8 Å². The van der Waals surface area contributed by atoms with Crippen molar-refractivity contribution < 1.29 is 9.59 Å². The van der Waals surface area contributed by atoms with Gasteiger partial charge in [-0.2, -0.15) is 0 Å². The van der Waals surface area contributed by atoms with E-state index >= 15 is 0 Å². The molecule has 2 fully saturated rings. The van der Waals surface area contributed by atoms with Gasteiger partial charge in [-0.05, 0) is 26.3 Å². The molecule has 2 rings (SSSR count). The highest BCUT2D eigenvalue weighted by molar-refractivity contribution is 5.92. The van der Waals surface area contributed by atoms with E-state index in [0.717, 1.165) is 13.1 Å². The van der Waals surface area contributed by atoms with Gasteiger partial charge in [0.05, 0.1) is 5.92 Å². The molecule has 2 aliphatic rings. The van der Waals surface area contributed by atoms with E-state index in [1.807, 2.05) is 13.8 Å². The Morgan fingerprint density at radius 3 is 2.56 bits per heavy atom. The highest BCUT2D eigenvalue weighted by Crippen LogP contribution is 2.27. The number of carbonyl (C=O) groups is 2. The van der Waals surface area contributed by atoms with Crippen molar-refractivity contribution in [3.8, 4) is 0 Å². The van der Waals surface area contributed by atoms with Crippen LogP contribution >= 0.6 is 0 Å². The number of carbonyl (C=O) groups excluding carboxylic acids is 2. The highest BCUT2D eigenvalue weighted by Gasteiger charge is 2.45. The largest absolute Gasteiger partial charge is 0.342 e. The minimum Gasteiger partial charge on any atom is -0.342 e. The summed E-state index contributed by atoms with van der Waals surface area (Å²) in [5.41, 5.74) is -0.716. The van der Waals surface area contributed by atoms with Crippen LogP contribution < -0.4 is 5.32 Å². The van der Waals surface area contributed by atoms with Gasteiger partial charge in [0.25, 0.3) is 0 Å². The molecule has 0 aromatic heterocycles. The SMILES string of the molecule is C[C@@H]1CNC[C@H]1C(=O)N1CCN(C)C(=O)C1(C)C. The summed E-state index contributed by atoms with van der Waals surface area (Å²) in [6, 6.07) is 0. The zero-order valence-corrected chi connectivity index (χ0v) is 11.7. The molecule has 2 saturated heterocycles. The normalized spacial score (nSPS) is 31.9. The van der Waals surface area contributed by atoms with Crippen molar-refractivity contribution in [3.63, 3.8) is 0 Å². The number of nitrogens with zero attached hydrogens (tertiary/aromatic N) is 2. The molecular formula is C13H23N3O2. The number of hydrogen-bond donors (Lipinski definition) is 1. The quantitative estimate of drug-likeness (QED) is 0.711. The van der Waals surface area contributed by atoms with Crippen LogP contribution in [0.2, 0.25) is 0 Å². The molecule has 102 valence electrons. The van der Waals surface area contributed by atoms with Gasteiger partial charge in [-0.25, -0.2) is 0 Å². The lowest BCUT2D eigenvalue weighted by atomic mass is 9.91. The molecule has 0 unspecified atom stereocenters. The minimum absolute atomic E-state index is 0.0143. The molecule has 0 bridgehead atoms. The van der Waals surface area contributed by atoms with Crippen LogP contribution in [0, 0.1) is 11.8 Å². The molecule has 2 atom stereocenters. The van der Waals surface area contributed by atoms with Crippen molar-refractivity contribution in [1.29, 1.82) is 0 Å². The van der Waals surface area contributed by atoms with Gasteiger partial charge in [-0.15, -0.1) is 0 Å². The van der Waals surface area contributed by atoms with Gasteiger partial charge in [0, 0.05) is 26.7 Å². The van der Waals surface area contributed by atoms with Crippen LogP contribution in [0.15, 0.2) is 0 Å². The van der Waals surface area contributed by atoms with E-state index in [4.69, 9.17) is 0 Å². The monoisotopic (exact) mass is 253 g/mol. The van der Waals surface area contributed by atoms with Gasteiger partial charge in [-0.3, -0.25) is 9.59 Å². The van der Waals surface area contributed by atoms with Crippen LogP contribution in [0.25, 0.3) is 0 Å². The predicted molar refractivity (Wildman–Crippen MR) is 69.0 cm³/mol. The molecule has 0 spiro atoms. The smallest absolute Gasteiger partial charge is 0.247 e. The van der Waals surface area contributed by atoms with Crippen molar-refractivity contribution in [3.05, 3.63) is 0 Å². The molecule has 5 nitrogen and oxygen atoms in total. The zero-order valence-electron chi connectivity index (χ0n) is 11.7. The first-order valence-corrected chi connectivity index (χ1v) is 6.63. The van der Waals surface area contributed by atoms with E-state index in [-0.39, 0.29) is 17.7 Å². The van der Waals surface area contributed by atoms with Gasteiger partial charge < -0.3 is 15.1 Å². The Morgan fingerprint density at radius 2 is 2.00 bits per heavy atom. The van der Waals surface area contributed by atoms with Crippen LogP contribution in [0.5, 0.6) is 0 Å². The Morgan fingerprint density at radius 1 is 1.33 bits per heavy atom. The second-order valence-corrected chi connectivity index (χ2v) is 6.02. The Bertz CT molecular complexity index is 367. The van der Waals surface area contributed by atoms with E-state index in [2.05, 4.69) is 12.2 Å². The third-order valence-corrected chi connectivity index (χ3v) is 4.30. The van der Waals surface area contributed by atoms with Gasteiger partial charge in [0.15, 0.2) is 0 Å². The second kappa shape index (κ2) is 4.53. The van der Waals surface area contributed by atoms with Crippen LogP contribution in [-0.2, 0) is 9.59 Å². The highest BCUT2D eigenvalue weighted by atomic mass is 16.2. The fraction of sp³-hybridized carbons (Fsp3) is 0.846. The zero-order chi connectivity index (χ0) is 13.5. The molecule has 0 saturated carbocycles. The van der Waals surface area contributed by atoms with Crippen molar-refractivity contribution in [2.75, 3.05) is 33.2 Å². The lowest BCUT2D eigenvalue weighted by Gasteiger charge is -2.45. The fourth-order valence-electron chi connectivity index (χ4n) is 2.94. The summed E-state index contributed by atoms with van der Waals surface area (Å²) in [7, 11) is 1.80. The number of piperazine rings is 1. The van der Waals surface area contributed by atoms with Crippen LogP contribution in [0.3, 0.4) is 0 Å². The summed E-state index contributed by atoms with van der Waals surface area (Å²) in [4.78, 5) is 28.2. The van der Waals surface area contributed by atoms with Crippen LogP contribution in [0.4, 0.5) is 0 Å². The van der Waals surface area contributed by atoms with E-state index in [9.17, 15) is 9.59 Å². The maximum Gasteiger partial charge on any atom is 0.247 e. The molecule has 0 radical (unpaired) electrons. The topological polar surface area (TPSA) is 52.7 Å². The van der Waals surface area contributed by atoms with Crippen molar-refractivity contribution in [1.82, 2.24) is 15.1 Å². The van der Waals surface area contributed by atoms with Crippen LogP contribution in [-0.4, -0.2) is 60.4 Å². The Labute approximate surface area is 108 Å². The average molecular weight is 253 g/mol. The molecule has 0 aromatic rings. The fourth-order valence-corrected chi connectivity index (χ4v) is 2.94. The average Bonchev–Trinajstić information content (AvgIpc) is 2.72. The summed E-state index contributed by atoms with van der Waals surface area (Å²) >= 11 is 0. The Kier molecular flexibility index (Phi) is 3.36. The number of nitrogens with one attached hydrogen (secondary N) is 1. The predicted octanol–water partition coefficient (Wildman–Crippen LogP) is -0.0789. The molecule has 2 aliphatic heterocycles. The van der Waals surface area contributed by atoms with Gasteiger partial charge in [-0.1, -0.05) is 6.92 Å². The third kappa shape index (κ3) is 2.00. The third-order valence-electron chi connectivity index (χ3n) is 4.30. The molecule has 0 aromatic carbocycles. The Hall–Kier alpha value is -1.10. The first-order valence-electron chi connectivity index (χ1n) is 6.63. The number of hydrogen-bond acceptors (Lipinski definition) is 3.